The summed E-state index contributed by atoms with van der Waals surface area (Å²) in [6, 6.07) is 12.0. The minimum absolute atomic E-state index is 0.143. The zero-order valence-electron chi connectivity index (χ0n) is 14.5. The Labute approximate surface area is 148 Å². The van der Waals surface area contributed by atoms with Gasteiger partial charge in [-0.05, 0) is 25.0 Å². The Bertz CT molecular complexity index is 673. The minimum Gasteiger partial charge on any atom is -0.385 e. The summed E-state index contributed by atoms with van der Waals surface area (Å²) in [7, 11) is 1.68. The molecule has 1 unspecified atom stereocenters. The molecule has 2 amide bonds. The molecular weight excluding hydrogens is 318 g/mol. The van der Waals surface area contributed by atoms with Gasteiger partial charge in [0.25, 0.3) is 0 Å². The van der Waals surface area contributed by atoms with Gasteiger partial charge in [0.1, 0.15) is 0 Å². The molecule has 2 N–H and O–H groups in total. The molecular formula is C18H25N5O2. The van der Waals surface area contributed by atoms with Crippen LogP contribution in [0.2, 0.25) is 0 Å². The molecule has 1 atom stereocenters. The highest BCUT2D eigenvalue weighted by Crippen LogP contribution is 2.19. The average Bonchev–Trinajstić information content (AvgIpc) is 3.26. The lowest BCUT2D eigenvalue weighted by Crippen LogP contribution is -2.39. The molecule has 1 aliphatic rings. The van der Waals surface area contributed by atoms with Crippen LogP contribution in [0.3, 0.4) is 0 Å². The van der Waals surface area contributed by atoms with Crippen molar-refractivity contribution in [2.45, 2.75) is 25.4 Å². The molecule has 0 spiro atoms. The normalized spacial score (nSPS) is 16.8. The first-order valence-electron chi connectivity index (χ1n) is 8.64. The summed E-state index contributed by atoms with van der Waals surface area (Å²) in [4.78, 5) is 14.5. The maximum atomic E-state index is 12.2. The fourth-order valence-electron chi connectivity index (χ4n) is 3.01. The quantitative estimate of drug-likeness (QED) is 0.757. The van der Waals surface area contributed by atoms with Gasteiger partial charge in [-0.15, -0.1) is 0 Å². The van der Waals surface area contributed by atoms with E-state index in [-0.39, 0.29) is 12.1 Å². The predicted octanol–water partition coefficient (Wildman–Crippen LogP) is 2.32. The number of nitrogens with one attached hydrogen (secondary N) is 2. The molecule has 25 heavy (non-hydrogen) atoms. The van der Waals surface area contributed by atoms with E-state index in [1.165, 1.54) is 5.69 Å². The van der Waals surface area contributed by atoms with E-state index in [1.807, 2.05) is 24.4 Å². The lowest BCUT2D eigenvalue weighted by Gasteiger charge is -2.18. The number of ether oxygens (including phenoxy) is 1. The highest BCUT2D eigenvalue weighted by Gasteiger charge is 2.24. The first kappa shape index (κ1) is 17.3. The number of aromatic nitrogens is 2. The third kappa shape index (κ3) is 4.96. The smallest absolute Gasteiger partial charge is 0.320 e. The Hall–Kier alpha value is -2.54. The fraction of sp³-hybridized carbons (Fsp3) is 0.444. The van der Waals surface area contributed by atoms with E-state index in [0.717, 1.165) is 32.5 Å². The number of aryl methyl sites for hydroxylation is 1. The molecule has 1 fully saturated rings. The molecule has 134 valence electrons. The summed E-state index contributed by atoms with van der Waals surface area (Å²) >= 11 is 0. The first-order valence-corrected chi connectivity index (χ1v) is 8.64. The molecule has 1 aromatic carbocycles. The standard InChI is InChI=1S/C18H25N5O2/c1-25-13-5-10-23-12-9-17(21-23)20-18(24)19-15-8-11-22(14-15)16-6-3-2-4-7-16/h2-4,6-7,9,12,15H,5,8,10-11,13-14H2,1H3,(H2,19,20,21,24). The molecule has 1 aromatic heterocycles. The molecule has 7 heteroatoms. The number of para-hydroxylation sites is 1. The van der Waals surface area contributed by atoms with Crippen LogP contribution in [0.4, 0.5) is 16.3 Å². The van der Waals surface area contributed by atoms with Crippen molar-refractivity contribution in [3.63, 3.8) is 0 Å². The van der Waals surface area contributed by atoms with Gasteiger partial charge < -0.3 is 15.0 Å². The number of hydrogen-bond acceptors (Lipinski definition) is 4. The largest absolute Gasteiger partial charge is 0.385 e. The molecule has 0 bridgehead atoms. The van der Waals surface area contributed by atoms with E-state index >= 15 is 0 Å². The maximum absolute atomic E-state index is 12.2. The number of carbonyl (C=O) groups excluding carboxylic acids is 1. The topological polar surface area (TPSA) is 71.4 Å². The third-order valence-corrected chi connectivity index (χ3v) is 4.26. The molecule has 0 saturated carbocycles. The summed E-state index contributed by atoms with van der Waals surface area (Å²) in [6.07, 6.45) is 3.69. The van der Waals surface area contributed by atoms with E-state index in [2.05, 4.69) is 32.8 Å². The van der Waals surface area contributed by atoms with Crippen LogP contribution in [0.5, 0.6) is 0 Å². The predicted molar refractivity (Wildman–Crippen MR) is 97.9 cm³/mol. The van der Waals surface area contributed by atoms with Crippen molar-refractivity contribution >= 4 is 17.5 Å². The maximum Gasteiger partial charge on any atom is 0.320 e. The summed E-state index contributed by atoms with van der Waals surface area (Å²) < 4.78 is 6.83. The van der Waals surface area contributed by atoms with E-state index in [0.29, 0.717) is 12.4 Å². The highest BCUT2D eigenvalue weighted by molar-refractivity contribution is 5.88. The van der Waals surface area contributed by atoms with Crippen molar-refractivity contribution < 1.29 is 9.53 Å². The van der Waals surface area contributed by atoms with Crippen molar-refractivity contribution in [2.24, 2.45) is 0 Å². The van der Waals surface area contributed by atoms with Gasteiger partial charge in [0.2, 0.25) is 0 Å². The van der Waals surface area contributed by atoms with Crippen molar-refractivity contribution in [2.75, 3.05) is 37.0 Å². The Balaban J connectivity index is 1.44. The van der Waals surface area contributed by atoms with Crippen LogP contribution in [0.25, 0.3) is 0 Å². The third-order valence-electron chi connectivity index (χ3n) is 4.26. The Kier molecular flexibility index (Phi) is 5.90. The second kappa shape index (κ2) is 8.53. The molecule has 2 heterocycles. The number of hydrogen-bond donors (Lipinski definition) is 2. The number of anilines is 2. The van der Waals surface area contributed by atoms with Crippen LogP contribution in [-0.2, 0) is 11.3 Å². The number of urea groups is 1. The average molecular weight is 343 g/mol. The van der Waals surface area contributed by atoms with Crippen LogP contribution in [0.1, 0.15) is 12.8 Å². The highest BCUT2D eigenvalue weighted by atomic mass is 16.5. The SMILES string of the molecule is COCCCn1ccc(NC(=O)NC2CCN(c3ccccc3)C2)n1. The van der Waals surface area contributed by atoms with Crippen LogP contribution in [-0.4, -0.2) is 48.7 Å². The van der Waals surface area contributed by atoms with Crippen molar-refractivity contribution in [1.82, 2.24) is 15.1 Å². The van der Waals surface area contributed by atoms with Crippen LogP contribution in [0, 0.1) is 0 Å². The molecule has 3 rings (SSSR count). The fourth-order valence-corrected chi connectivity index (χ4v) is 3.01. The van der Waals surface area contributed by atoms with E-state index in [4.69, 9.17) is 4.74 Å². The monoisotopic (exact) mass is 343 g/mol. The number of carbonyl (C=O) groups is 1. The molecule has 7 nitrogen and oxygen atoms in total. The Morgan fingerprint density at radius 1 is 1.32 bits per heavy atom. The number of rotatable bonds is 7. The van der Waals surface area contributed by atoms with E-state index in [1.54, 1.807) is 17.9 Å². The van der Waals surface area contributed by atoms with Crippen LogP contribution in [0.15, 0.2) is 42.6 Å². The Morgan fingerprint density at radius 2 is 2.16 bits per heavy atom. The second-order valence-corrected chi connectivity index (χ2v) is 6.18. The zero-order valence-corrected chi connectivity index (χ0v) is 14.5. The van der Waals surface area contributed by atoms with Crippen LogP contribution < -0.4 is 15.5 Å². The van der Waals surface area contributed by atoms with Gasteiger partial charge in [0.05, 0.1) is 0 Å². The number of nitrogens with zero attached hydrogens (tertiary/aromatic N) is 3. The van der Waals surface area contributed by atoms with Gasteiger partial charge in [-0.2, -0.15) is 5.10 Å². The van der Waals surface area contributed by atoms with Crippen molar-refractivity contribution in [3.05, 3.63) is 42.6 Å². The van der Waals surface area contributed by atoms with Gasteiger partial charge in [-0.3, -0.25) is 10.00 Å². The van der Waals surface area contributed by atoms with Crippen LogP contribution >= 0.6 is 0 Å². The molecule has 0 aliphatic carbocycles. The Morgan fingerprint density at radius 3 is 2.96 bits per heavy atom. The summed E-state index contributed by atoms with van der Waals surface area (Å²) in [6.45, 7) is 3.24. The van der Waals surface area contributed by atoms with Crippen molar-refractivity contribution in [3.8, 4) is 0 Å². The minimum atomic E-state index is -0.206. The van der Waals surface area contributed by atoms with Gasteiger partial charge in [0.15, 0.2) is 5.82 Å². The zero-order chi connectivity index (χ0) is 17.5. The number of amides is 2. The molecule has 2 aromatic rings. The molecule has 0 radical (unpaired) electrons. The lowest BCUT2D eigenvalue weighted by molar-refractivity contribution is 0.189. The molecule has 1 aliphatic heterocycles. The molecule has 1 saturated heterocycles. The van der Waals surface area contributed by atoms with E-state index < -0.39 is 0 Å². The summed E-state index contributed by atoms with van der Waals surface area (Å²) in [5, 5.41) is 10.2. The summed E-state index contributed by atoms with van der Waals surface area (Å²) in [5.74, 6) is 0.563. The van der Waals surface area contributed by atoms with E-state index in [9.17, 15) is 4.79 Å². The van der Waals surface area contributed by atoms with Gasteiger partial charge in [-0.1, -0.05) is 18.2 Å². The van der Waals surface area contributed by atoms with Gasteiger partial charge in [0, 0.05) is 57.3 Å². The number of methoxy groups -OCH3 is 1. The first-order chi connectivity index (χ1) is 12.2. The van der Waals surface area contributed by atoms with Crippen molar-refractivity contribution in [1.29, 1.82) is 0 Å². The van der Waals surface area contributed by atoms with Gasteiger partial charge in [-0.25, -0.2) is 4.79 Å². The second-order valence-electron chi connectivity index (χ2n) is 6.18. The lowest BCUT2D eigenvalue weighted by atomic mass is 10.3. The summed E-state index contributed by atoms with van der Waals surface area (Å²) in [5.41, 5.74) is 1.20. The van der Waals surface area contributed by atoms with Gasteiger partial charge >= 0.3 is 6.03 Å². The number of benzene rings is 1.